The number of benzene rings is 2. The first kappa shape index (κ1) is 20.1. The fourth-order valence-corrected chi connectivity index (χ4v) is 3.58. The van der Waals surface area contributed by atoms with Crippen molar-refractivity contribution in [3.05, 3.63) is 59.2 Å². The molecule has 0 bridgehead atoms. The number of hydrogen-bond acceptors (Lipinski definition) is 3. The van der Waals surface area contributed by atoms with Crippen LogP contribution in [0, 0.1) is 13.8 Å². The monoisotopic (exact) mass is 374 g/mol. The molecule has 2 aromatic rings. The zero-order chi connectivity index (χ0) is 19.3. The maximum atomic E-state index is 12.3. The quantitative estimate of drug-likeness (QED) is 0.775. The van der Waals surface area contributed by atoms with Crippen LogP contribution in [-0.4, -0.2) is 20.9 Å². The molecule has 0 unspecified atom stereocenters. The van der Waals surface area contributed by atoms with E-state index >= 15 is 0 Å². The van der Waals surface area contributed by atoms with Gasteiger partial charge in [-0.05, 0) is 60.7 Å². The van der Waals surface area contributed by atoms with Crippen molar-refractivity contribution in [3.63, 3.8) is 0 Å². The lowest BCUT2D eigenvalue weighted by Crippen LogP contribution is -2.28. The number of amides is 1. The Bertz CT molecular complexity index is 890. The number of rotatable bonds is 7. The van der Waals surface area contributed by atoms with Gasteiger partial charge in [-0.3, -0.25) is 4.79 Å². The highest BCUT2D eigenvalue weighted by Crippen LogP contribution is 2.18. The zero-order valence-electron chi connectivity index (χ0n) is 15.7. The summed E-state index contributed by atoms with van der Waals surface area (Å²) in [6.45, 7) is 8.01. The summed E-state index contributed by atoms with van der Waals surface area (Å²) in [6.07, 6.45) is 0.0655. The summed E-state index contributed by atoms with van der Waals surface area (Å²) < 4.78 is 27.1. The first-order valence-corrected chi connectivity index (χ1v) is 10.1. The average Bonchev–Trinajstić information content (AvgIpc) is 2.57. The molecule has 26 heavy (non-hydrogen) atoms. The van der Waals surface area contributed by atoms with Gasteiger partial charge in [-0.25, -0.2) is 13.1 Å². The molecule has 2 N–H and O–H groups in total. The van der Waals surface area contributed by atoms with Gasteiger partial charge in [-0.2, -0.15) is 0 Å². The molecule has 5 nitrogen and oxygen atoms in total. The van der Waals surface area contributed by atoms with Gasteiger partial charge in [0.25, 0.3) is 0 Å². The third kappa shape index (κ3) is 5.41. The summed E-state index contributed by atoms with van der Waals surface area (Å²) in [5.74, 6) is 0.144. The van der Waals surface area contributed by atoms with Crippen LogP contribution in [-0.2, 0) is 14.8 Å². The Morgan fingerprint density at radius 1 is 1.04 bits per heavy atom. The SMILES string of the molecule is Cc1ccc(S(=O)(=O)NCCC(=O)Nc2cccc(C(C)C)c2)cc1C. The van der Waals surface area contributed by atoms with Gasteiger partial charge < -0.3 is 5.32 Å². The van der Waals surface area contributed by atoms with Gasteiger partial charge in [0, 0.05) is 18.7 Å². The topological polar surface area (TPSA) is 75.3 Å². The summed E-state index contributed by atoms with van der Waals surface area (Å²) in [5.41, 5.74) is 3.80. The number of aryl methyl sites for hydroxylation is 2. The van der Waals surface area contributed by atoms with Gasteiger partial charge >= 0.3 is 0 Å². The van der Waals surface area contributed by atoms with E-state index in [0.29, 0.717) is 5.92 Å². The summed E-state index contributed by atoms with van der Waals surface area (Å²) in [5, 5.41) is 2.81. The summed E-state index contributed by atoms with van der Waals surface area (Å²) >= 11 is 0. The molecule has 0 atom stereocenters. The van der Waals surface area contributed by atoms with Gasteiger partial charge in [0.1, 0.15) is 0 Å². The second-order valence-corrected chi connectivity index (χ2v) is 8.49. The first-order valence-electron chi connectivity index (χ1n) is 8.66. The molecule has 0 saturated heterocycles. The predicted molar refractivity (Wildman–Crippen MR) is 105 cm³/mol. The number of carbonyl (C=O) groups is 1. The highest BCUT2D eigenvalue weighted by molar-refractivity contribution is 7.89. The van der Waals surface area contributed by atoms with Crippen LogP contribution < -0.4 is 10.0 Å². The molecular formula is C20H26N2O3S. The van der Waals surface area contributed by atoms with Crippen molar-refractivity contribution < 1.29 is 13.2 Å². The number of nitrogens with one attached hydrogen (secondary N) is 2. The molecule has 0 fully saturated rings. The minimum Gasteiger partial charge on any atom is -0.326 e. The van der Waals surface area contributed by atoms with Crippen molar-refractivity contribution in [2.24, 2.45) is 0 Å². The lowest BCUT2D eigenvalue weighted by molar-refractivity contribution is -0.116. The molecule has 2 aromatic carbocycles. The zero-order valence-corrected chi connectivity index (χ0v) is 16.5. The van der Waals surface area contributed by atoms with E-state index in [0.717, 1.165) is 22.4 Å². The molecular weight excluding hydrogens is 348 g/mol. The number of sulfonamides is 1. The maximum absolute atomic E-state index is 12.3. The maximum Gasteiger partial charge on any atom is 0.240 e. The highest BCUT2D eigenvalue weighted by Gasteiger charge is 2.15. The molecule has 0 aliphatic rings. The second kappa shape index (κ2) is 8.47. The summed E-state index contributed by atoms with van der Waals surface area (Å²) in [4.78, 5) is 12.3. The Morgan fingerprint density at radius 2 is 1.77 bits per heavy atom. The van der Waals surface area contributed by atoms with E-state index in [1.54, 1.807) is 18.2 Å². The molecule has 0 radical (unpaired) electrons. The Kier molecular flexibility index (Phi) is 6.56. The second-order valence-electron chi connectivity index (χ2n) is 6.72. The molecule has 6 heteroatoms. The van der Waals surface area contributed by atoms with Crippen molar-refractivity contribution in [1.82, 2.24) is 4.72 Å². The van der Waals surface area contributed by atoms with Crippen LogP contribution in [0.15, 0.2) is 47.4 Å². The Hall–Kier alpha value is -2.18. The van der Waals surface area contributed by atoms with E-state index in [9.17, 15) is 13.2 Å². The van der Waals surface area contributed by atoms with Gasteiger partial charge in [0.05, 0.1) is 4.90 Å². The Morgan fingerprint density at radius 3 is 2.42 bits per heavy atom. The Labute approximate surface area is 155 Å². The van der Waals surface area contributed by atoms with E-state index in [-0.39, 0.29) is 23.8 Å². The van der Waals surface area contributed by atoms with Gasteiger partial charge in [0.2, 0.25) is 15.9 Å². The van der Waals surface area contributed by atoms with Crippen molar-refractivity contribution >= 4 is 21.6 Å². The van der Waals surface area contributed by atoms with Crippen LogP contribution >= 0.6 is 0 Å². The molecule has 0 heterocycles. The molecule has 0 aliphatic heterocycles. The van der Waals surface area contributed by atoms with Gasteiger partial charge in [-0.1, -0.05) is 32.0 Å². The molecule has 0 saturated carbocycles. The number of anilines is 1. The van der Waals surface area contributed by atoms with Crippen LogP contribution in [0.3, 0.4) is 0 Å². The molecule has 2 rings (SSSR count). The van der Waals surface area contributed by atoms with Crippen LogP contribution in [0.2, 0.25) is 0 Å². The summed E-state index contributed by atoms with van der Waals surface area (Å²) in [7, 11) is -3.62. The summed E-state index contributed by atoms with van der Waals surface area (Å²) in [6, 6.07) is 12.6. The third-order valence-electron chi connectivity index (χ3n) is 4.27. The van der Waals surface area contributed by atoms with Crippen LogP contribution in [0.4, 0.5) is 5.69 Å². The Balaban J connectivity index is 1.91. The lowest BCUT2D eigenvalue weighted by Gasteiger charge is -2.11. The largest absolute Gasteiger partial charge is 0.326 e. The van der Waals surface area contributed by atoms with Crippen LogP contribution in [0.25, 0.3) is 0 Å². The molecule has 0 aliphatic carbocycles. The van der Waals surface area contributed by atoms with Crippen molar-refractivity contribution in [1.29, 1.82) is 0 Å². The fourth-order valence-electron chi connectivity index (χ4n) is 2.46. The van der Waals surface area contributed by atoms with E-state index in [4.69, 9.17) is 0 Å². The fraction of sp³-hybridized carbons (Fsp3) is 0.350. The van der Waals surface area contributed by atoms with E-state index in [2.05, 4.69) is 23.9 Å². The van der Waals surface area contributed by atoms with E-state index < -0.39 is 10.0 Å². The minimum absolute atomic E-state index is 0.0466. The normalized spacial score (nSPS) is 11.6. The van der Waals surface area contributed by atoms with Crippen molar-refractivity contribution in [2.75, 3.05) is 11.9 Å². The standard InChI is InChI=1S/C20H26N2O3S/c1-14(2)17-6-5-7-18(13-17)22-20(23)10-11-21-26(24,25)19-9-8-15(3)16(4)12-19/h5-9,12-14,21H,10-11H2,1-4H3,(H,22,23). The van der Waals surface area contributed by atoms with Crippen LogP contribution in [0.1, 0.15) is 42.9 Å². The van der Waals surface area contributed by atoms with Crippen molar-refractivity contribution in [2.45, 2.75) is 44.9 Å². The molecule has 0 spiro atoms. The van der Waals surface area contributed by atoms with Crippen LogP contribution in [0.5, 0.6) is 0 Å². The first-order chi connectivity index (χ1) is 12.2. The van der Waals surface area contributed by atoms with E-state index in [1.165, 1.54) is 0 Å². The number of carbonyl (C=O) groups excluding carboxylic acids is 1. The predicted octanol–water partition coefficient (Wildman–Crippen LogP) is 3.73. The average molecular weight is 375 g/mol. The minimum atomic E-state index is -3.62. The van der Waals surface area contributed by atoms with Gasteiger partial charge in [-0.15, -0.1) is 0 Å². The molecule has 1 amide bonds. The molecule has 0 aromatic heterocycles. The smallest absolute Gasteiger partial charge is 0.240 e. The third-order valence-corrected chi connectivity index (χ3v) is 5.73. The lowest BCUT2D eigenvalue weighted by atomic mass is 10.0. The molecule has 140 valence electrons. The van der Waals surface area contributed by atoms with Crippen molar-refractivity contribution in [3.8, 4) is 0 Å². The van der Waals surface area contributed by atoms with Gasteiger partial charge in [0.15, 0.2) is 0 Å². The number of hydrogen-bond donors (Lipinski definition) is 2. The highest BCUT2D eigenvalue weighted by atomic mass is 32.2. The van der Waals surface area contributed by atoms with E-state index in [1.807, 2.05) is 38.1 Å².